The van der Waals surface area contributed by atoms with Gasteiger partial charge in [-0.25, -0.2) is 0 Å². The molecule has 2 rings (SSSR count). The second kappa shape index (κ2) is 4.10. The van der Waals surface area contributed by atoms with Gasteiger partial charge in [-0.3, -0.25) is 0 Å². The van der Waals surface area contributed by atoms with Crippen molar-refractivity contribution in [3.05, 3.63) is 46.0 Å². The molecule has 0 aliphatic rings. The predicted octanol–water partition coefficient (Wildman–Crippen LogP) is 3.37. The smallest absolute Gasteiger partial charge is 0.127 e. The van der Waals surface area contributed by atoms with E-state index in [-0.39, 0.29) is 11.5 Å². The Morgan fingerprint density at radius 1 is 0.800 bits per heavy atom. The van der Waals surface area contributed by atoms with Crippen LogP contribution in [0.1, 0.15) is 0 Å². The van der Waals surface area contributed by atoms with E-state index in [4.69, 9.17) is 0 Å². The summed E-state index contributed by atoms with van der Waals surface area (Å²) in [4.78, 5) is 0. The molecule has 2 aromatic rings. The van der Waals surface area contributed by atoms with Crippen molar-refractivity contribution in [3.8, 4) is 22.6 Å². The summed E-state index contributed by atoms with van der Waals surface area (Å²) in [7, 11) is 0. The molecule has 0 heterocycles. The fraction of sp³-hybridized carbons (Fsp3) is 0. The molecule has 0 aliphatic carbocycles. The van der Waals surface area contributed by atoms with E-state index in [0.717, 1.165) is 9.13 Å². The molecule has 76 valence electrons. The highest BCUT2D eigenvalue weighted by Crippen LogP contribution is 2.36. The molecule has 0 atom stereocenters. The van der Waals surface area contributed by atoms with Gasteiger partial charge in [-0.2, -0.15) is 0 Å². The van der Waals surface area contributed by atoms with Crippen LogP contribution in [-0.2, 0) is 0 Å². The summed E-state index contributed by atoms with van der Waals surface area (Å²) in [5.74, 6) is 0.187. The van der Waals surface area contributed by atoms with Crippen molar-refractivity contribution in [3.63, 3.8) is 0 Å². The second-order valence-corrected chi connectivity index (χ2v) is 4.42. The lowest BCUT2D eigenvalue weighted by Gasteiger charge is -2.06. The third kappa shape index (κ3) is 2.07. The maximum absolute atomic E-state index is 9.65. The van der Waals surface area contributed by atoms with Gasteiger partial charge in [0, 0.05) is 3.57 Å². The van der Waals surface area contributed by atoms with E-state index in [9.17, 15) is 10.2 Å². The van der Waals surface area contributed by atoms with Crippen molar-refractivity contribution >= 4 is 22.6 Å². The topological polar surface area (TPSA) is 40.5 Å². The third-order valence-corrected chi connectivity index (χ3v) is 2.87. The predicted molar refractivity (Wildman–Crippen MR) is 67.9 cm³/mol. The van der Waals surface area contributed by atoms with Crippen LogP contribution in [0.25, 0.3) is 11.1 Å². The van der Waals surface area contributed by atoms with Crippen LogP contribution in [-0.4, -0.2) is 10.2 Å². The molecule has 0 saturated heterocycles. The molecule has 15 heavy (non-hydrogen) atoms. The van der Waals surface area contributed by atoms with Crippen LogP contribution in [0.5, 0.6) is 11.5 Å². The Morgan fingerprint density at radius 3 is 1.87 bits per heavy atom. The van der Waals surface area contributed by atoms with Gasteiger partial charge in [-0.1, -0.05) is 18.2 Å². The number of hydrogen-bond donors (Lipinski definition) is 2. The molecule has 0 aromatic heterocycles. The van der Waals surface area contributed by atoms with E-state index in [2.05, 4.69) is 22.6 Å². The molecule has 3 heteroatoms. The lowest BCUT2D eigenvalue weighted by molar-refractivity contribution is 0.454. The number of phenolic OH excluding ortho intramolecular Hbond substituents is 2. The Balaban J connectivity index is 2.58. The van der Waals surface area contributed by atoms with Crippen LogP contribution >= 0.6 is 22.6 Å². The SMILES string of the molecule is Oc1cccc(O)c1-c1ccc(I)cc1. The number of halogens is 1. The summed E-state index contributed by atoms with van der Waals surface area (Å²) < 4.78 is 1.12. The normalized spacial score (nSPS) is 10.2. The number of hydrogen-bond acceptors (Lipinski definition) is 2. The molecule has 0 amide bonds. The molecule has 2 aromatic carbocycles. The Morgan fingerprint density at radius 2 is 1.33 bits per heavy atom. The minimum absolute atomic E-state index is 0.0937. The molecule has 0 spiro atoms. The highest BCUT2D eigenvalue weighted by Gasteiger charge is 2.08. The first-order valence-electron chi connectivity index (χ1n) is 4.45. The molecule has 2 N–H and O–H groups in total. The lowest BCUT2D eigenvalue weighted by atomic mass is 10.0. The van der Waals surface area contributed by atoms with Gasteiger partial charge < -0.3 is 10.2 Å². The van der Waals surface area contributed by atoms with Crippen LogP contribution in [0.2, 0.25) is 0 Å². The molecule has 0 saturated carbocycles. The molecule has 0 unspecified atom stereocenters. The maximum atomic E-state index is 9.65. The molecule has 2 nitrogen and oxygen atoms in total. The minimum atomic E-state index is 0.0937. The Bertz CT molecular complexity index is 457. The van der Waals surface area contributed by atoms with E-state index in [0.29, 0.717) is 5.56 Å². The minimum Gasteiger partial charge on any atom is -0.507 e. The summed E-state index contributed by atoms with van der Waals surface area (Å²) in [6.07, 6.45) is 0. The average Bonchev–Trinajstić information content (AvgIpc) is 2.20. The van der Waals surface area contributed by atoms with E-state index in [1.165, 1.54) is 0 Å². The van der Waals surface area contributed by atoms with E-state index >= 15 is 0 Å². The van der Waals surface area contributed by atoms with Crippen molar-refractivity contribution in [2.75, 3.05) is 0 Å². The second-order valence-electron chi connectivity index (χ2n) is 3.18. The van der Waals surface area contributed by atoms with Crippen LogP contribution in [0.3, 0.4) is 0 Å². The molecule has 0 radical (unpaired) electrons. The Hall–Kier alpha value is -1.23. The maximum Gasteiger partial charge on any atom is 0.127 e. The van der Waals surface area contributed by atoms with Crippen LogP contribution in [0, 0.1) is 3.57 Å². The lowest BCUT2D eigenvalue weighted by Crippen LogP contribution is -1.80. The van der Waals surface area contributed by atoms with Gasteiger partial charge in [-0.15, -0.1) is 0 Å². The van der Waals surface area contributed by atoms with Crippen molar-refractivity contribution in [2.45, 2.75) is 0 Å². The summed E-state index contributed by atoms with van der Waals surface area (Å²) in [5, 5.41) is 19.3. The monoisotopic (exact) mass is 312 g/mol. The first kappa shape index (κ1) is 10.3. The van der Waals surface area contributed by atoms with Gasteiger partial charge in [0.1, 0.15) is 11.5 Å². The average molecular weight is 312 g/mol. The zero-order valence-electron chi connectivity index (χ0n) is 7.81. The third-order valence-electron chi connectivity index (χ3n) is 2.15. The zero-order chi connectivity index (χ0) is 10.8. The summed E-state index contributed by atoms with van der Waals surface area (Å²) in [5.41, 5.74) is 1.29. The first-order chi connectivity index (χ1) is 7.18. The number of aromatic hydroxyl groups is 2. The zero-order valence-corrected chi connectivity index (χ0v) is 9.97. The van der Waals surface area contributed by atoms with Crippen molar-refractivity contribution in [1.29, 1.82) is 0 Å². The highest BCUT2D eigenvalue weighted by molar-refractivity contribution is 14.1. The highest BCUT2D eigenvalue weighted by atomic mass is 127. The van der Waals surface area contributed by atoms with Crippen LogP contribution in [0.4, 0.5) is 0 Å². The van der Waals surface area contributed by atoms with Crippen molar-refractivity contribution in [2.24, 2.45) is 0 Å². The van der Waals surface area contributed by atoms with Crippen molar-refractivity contribution in [1.82, 2.24) is 0 Å². The summed E-state index contributed by atoms with van der Waals surface area (Å²) in [6, 6.07) is 12.3. The standard InChI is InChI=1S/C12H9IO2/c13-9-6-4-8(5-7-9)12-10(14)2-1-3-11(12)15/h1-7,14-15H. The fourth-order valence-corrected chi connectivity index (χ4v) is 1.80. The van der Waals surface area contributed by atoms with Crippen molar-refractivity contribution < 1.29 is 10.2 Å². The largest absolute Gasteiger partial charge is 0.507 e. The van der Waals surface area contributed by atoms with Crippen LogP contribution in [0.15, 0.2) is 42.5 Å². The fourth-order valence-electron chi connectivity index (χ4n) is 1.44. The molecule has 0 bridgehead atoms. The Kier molecular flexibility index (Phi) is 2.81. The number of phenols is 2. The molecular weight excluding hydrogens is 303 g/mol. The quantitative estimate of drug-likeness (QED) is 0.793. The van der Waals surface area contributed by atoms with Gasteiger partial charge in [0.25, 0.3) is 0 Å². The van der Waals surface area contributed by atoms with Gasteiger partial charge in [-0.05, 0) is 52.4 Å². The summed E-state index contributed by atoms with van der Waals surface area (Å²) >= 11 is 2.21. The van der Waals surface area contributed by atoms with E-state index < -0.39 is 0 Å². The van der Waals surface area contributed by atoms with Gasteiger partial charge in [0.2, 0.25) is 0 Å². The van der Waals surface area contributed by atoms with Gasteiger partial charge in [0.15, 0.2) is 0 Å². The number of benzene rings is 2. The van der Waals surface area contributed by atoms with Gasteiger partial charge >= 0.3 is 0 Å². The van der Waals surface area contributed by atoms with E-state index in [1.807, 2.05) is 24.3 Å². The first-order valence-corrected chi connectivity index (χ1v) is 5.53. The number of rotatable bonds is 1. The summed E-state index contributed by atoms with van der Waals surface area (Å²) in [6.45, 7) is 0. The van der Waals surface area contributed by atoms with Crippen LogP contribution < -0.4 is 0 Å². The molecular formula is C12H9IO2. The van der Waals surface area contributed by atoms with E-state index in [1.54, 1.807) is 18.2 Å². The molecule has 0 aliphatic heterocycles. The molecule has 0 fully saturated rings. The Labute approximate surface area is 101 Å². The van der Waals surface area contributed by atoms with Gasteiger partial charge in [0.05, 0.1) is 5.56 Å².